The molecule has 1 aromatic carbocycles. The third-order valence-electron chi connectivity index (χ3n) is 3.06. The number of aliphatic hydroxyl groups excluding tert-OH is 1. The molecule has 1 atom stereocenters. The number of nitrogens with one attached hydrogen (secondary N) is 1. The van der Waals surface area contributed by atoms with E-state index in [2.05, 4.69) is 38.2 Å². The monoisotopic (exact) mass is 265 g/mol. The summed E-state index contributed by atoms with van der Waals surface area (Å²) in [4.78, 5) is 0. The average molecular weight is 265 g/mol. The van der Waals surface area contributed by atoms with E-state index in [4.69, 9.17) is 4.74 Å². The van der Waals surface area contributed by atoms with Crippen LogP contribution < -0.4 is 5.32 Å². The fraction of sp³-hybridized carbons (Fsp3) is 0.625. The topological polar surface area (TPSA) is 41.5 Å². The summed E-state index contributed by atoms with van der Waals surface area (Å²) >= 11 is 0. The van der Waals surface area contributed by atoms with Crippen LogP contribution in [0.3, 0.4) is 0 Å². The number of anilines is 1. The van der Waals surface area contributed by atoms with Crippen LogP contribution in [0, 0.1) is 0 Å². The van der Waals surface area contributed by atoms with E-state index in [-0.39, 0.29) is 0 Å². The summed E-state index contributed by atoms with van der Waals surface area (Å²) in [5, 5.41) is 13.2. The van der Waals surface area contributed by atoms with Gasteiger partial charge < -0.3 is 15.2 Å². The van der Waals surface area contributed by atoms with Crippen LogP contribution in [0.4, 0.5) is 5.69 Å². The van der Waals surface area contributed by atoms with E-state index >= 15 is 0 Å². The summed E-state index contributed by atoms with van der Waals surface area (Å²) in [7, 11) is 0. The fourth-order valence-corrected chi connectivity index (χ4v) is 1.91. The lowest BCUT2D eigenvalue weighted by molar-refractivity contribution is 0.0421. The Balaban J connectivity index is 2.35. The van der Waals surface area contributed by atoms with Gasteiger partial charge in [-0.25, -0.2) is 0 Å². The van der Waals surface area contributed by atoms with Crippen LogP contribution in [-0.4, -0.2) is 31.0 Å². The Morgan fingerprint density at radius 1 is 1.26 bits per heavy atom. The Morgan fingerprint density at radius 2 is 2.00 bits per heavy atom. The van der Waals surface area contributed by atoms with Crippen molar-refractivity contribution in [3.05, 3.63) is 29.8 Å². The quantitative estimate of drug-likeness (QED) is 0.672. The van der Waals surface area contributed by atoms with Crippen molar-refractivity contribution in [2.75, 3.05) is 25.1 Å². The van der Waals surface area contributed by atoms with Crippen molar-refractivity contribution in [1.82, 2.24) is 0 Å². The van der Waals surface area contributed by atoms with Gasteiger partial charge in [-0.15, -0.1) is 0 Å². The normalized spacial score (nSPS) is 12.7. The van der Waals surface area contributed by atoms with Crippen molar-refractivity contribution < 1.29 is 9.84 Å². The molecule has 3 heteroatoms. The molecule has 2 N–H and O–H groups in total. The fourth-order valence-electron chi connectivity index (χ4n) is 1.91. The van der Waals surface area contributed by atoms with E-state index in [1.807, 2.05) is 12.1 Å². The van der Waals surface area contributed by atoms with E-state index in [9.17, 15) is 5.11 Å². The van der Waals surface area contributed by atoms with Crippen molar-refractivity contribution in [3.63, 3.8) is 0 Å². The molecule has 1 aromatic rings. The van der Waals surface area contributed by atoms with E-state index < -0.39 is 6.10 Å². The molecule has 0 saturated heterocycles. The molecule has 0 aliphatic heterocycles. The van der Waals surface area contributed by atoms with Gasteiger partial charge in [0.2, 0.25) is 0 Å². The average Bonchev–Trinajstić information content (AvgIpc) is 2.41. The number of hydrogen-bond acceptors (Lipinski definition) is 3. The Morgan fingerprint density at radius 3 is 2.68 bits per heavy atom. The number of unbranched alkanes of at least 4 members (excludes halogenated alkanes) is 1. The van der Waals surface area contributed by atoms with E-state index in [1.54, 1.807) is 0 Å². The molecule has 0 fully saturated rings. The van der Waals surface area contributed by atoms with Gasteiger partial charge in [0.25, 0.3) is 0 Å². The van der Waals surface area contributed by atoms with Crippen LogP contribution >= 0.6 is 0 Å². The Hall–Kier alpha value is -1.06. The lowest BCUT2D eigenvalue weighted by Crippen LogP contribution is -2.25. The molecule has 0 aromatic heterocycles. The Kier molecular flexibility index (Phi) is 7.53. The molecule has 0 amide bonds. The highest BCUT2D eigenvalue weighted by molar-refractivity contribution is 5.52. The van der Waals surface area contributed by atoms with Crippen LogP contribution in [0.5, 0.6) is 0 Å². The van der Waals surface area contributed by atoms with Gasteiger partial charge in [-0.05, 0) is 24.0 Å². The highest BCUT2D eigenvalue weighted by Gasteiger charge is 2.08. The van der Waals surface area contributed by atoms with Crippen molar-refractivity contribution >= 4 is 5.69 Å². The number of para-hydroxylation sites is 1. The van der Waals surface area contributed by atoms with Crippen LogP contribution in [0.15, 0.2) is 24.3 Å². The standard InChI is InChI=1S/C16H27NO2/c1-4-5-10-19-12-14(18)11-17-16-9-7-6-8-15(16)13(2)3/h6-9,13-14,17-18H,4-5,10-12H2,1-3H3. The largest absolute Gasteiger partial charge is 0.389 e. The molecule has 108 valence electrons. The van der Waals surface area contributed by atoms with Crippen LogP contribution in [0.1, 0.15) is 45.1 Å². The first-order chi connectivity index (χ1) is 9.15. The molecule has 0 saturated carbocycles. The molecular weight excluding hydrogens is 238 g/mol. The van der Waals surface area contributed by atoms with Gasteiger partial charge in [0.05, 0.1) is 12.7 Å². The first kappa shape index (κ1) is 16.0. The van der Waals surface area contributed by atoms with Gasteiger partial charge in [0.15, 0.2) is 0 Å². The predicted molar refractivity (Wildman–Crippen MR) is 80.8 cm³/mol. The van der Waals surface area contributed by atoms with Gasteiger partial charge >= 0.3 is 0 Å². The Labute approximate surface area is 117 Å². The molecule has 0 aliphatic rings. The van der Waals surface area contributed by atoms with Crippen molar-refractivity contribution in [3.8, 4) is 0 Å². The maximum Gasteiger partial charge on any atom is 0.0945 e. The van der Waals surface area contributed by atoms with Gasteiger partial charge in [0, 0.05) is 18.8 Å². The van der Waals surface area contributed by atoms with Gasteiger partial charge in [-0.1, -0.05) is 45.4 Å². The van der Waals surface area contributed by atoms with Crippen LogP contribution in [-0.2, 0) is 4.74 Å². The van der Waals surface area contributed by atoms with Crippen molar-refractivity contribution in [1.29, 1.82) is 0 Å². The zero-order chi connectivity index (χ0) is 14.1. The van der Waals surface area contributed by atoms with Gasteiger partial charge in [-0.2, -0.15) is 0 Å². The number of benzene rings is 1. The molecule has 0 bridgehead atoms. The molecule has 0 spiro atoms. The molecule has 0 heterocycles. The van der Waals surface area contributed by atoms with Crippen LogP contribution in [0.2, 0.25) is 0 Å². The third kappa shape index (κ3) is 6.08. The maximum absolute atomic E-state index is 9.85. The van der Waals surface area contributed by atoms with E-state index in [0.717, 1.165) is 25.1 Å². The minimum atomic E-state index is -0.461. The predicted octanol–water partition coefficient (Wildman–Crippen LogP) is 3.40. The highest BCUT2D eigenvalue weighted by Crippen LogP contribution is 2.23. The molecule has 0 radical (unpaired) electrons. The summed E-state index contributed by atoms with van der Waals surface area (Å²) in [6.45, 7) is 8.13. The first-order valence-corrected chi connectivity index (χ1v) is 7.23. The summed E-state index contributed by atoms with van der Waals surface area (Å²) < 4.78 is 5.41. The summed E-state index contributed by atoms with van der Waals surface area (Å²) in [6.07, 6.45) is 1.71. The van der Waals surface area contributed by atoms with Gasteiger partial charge in [0.1, 0.15) is 0 Å². The lowest BCUT2D eigenvalue weighted by atomic mass is 10.0. The molecular formula is C16H27NO2. The minimum Gasteiger partial charge on any atom is -0.389 e. The summed E-state index contributed by atoms with van der Waals surface area (Å²) in [5.41, 5.74) is 2.38. The van der Waals surface area contributed by atoms with Gasteiger partial charge in [-0.3, -0.25) is 0 Å². The molecule has 19 heavy (non-hydrogen) atoms. The second-order valence-electron chi connectivity index (χ2n) is 5.21. The number of hydrogen-bond donors (Lipinski definition) is 2. The van der Waals surface area contributed by atoms with Crippen LogP contribution in [0.25, 0.3) is 0 Å². The van der Waals surface area contributed by atoms with E-state index in [1.165, 1.54) is 5.56 Å². The highest BCUT2D eigenvalue weighted by atomic mass is 16.5. The SMILES string of the molecule is CCCCOCC(O)CNc1ccccc1C(C)C. The number of ether oxygens (including phenoxy) is 1. The minimum absolute atomic E-state index is 0.400. The molecule has 1 rings (SSSR count). The number of aliphatic hydroxyl groups is 1. The molecule has 0 aliphatic carbocycles. The maximum atomic E-state index is 9.85. The zero-order valence-electron chi connectivity index (χ0n) is 12.4. The Bertz CT molecular complexity index is 352. The smallest absolute Gasteiger partial charge is 0.0945 e. The van der Waals surface area contributed by atoms with Crippen molar-refractivity contribution in [2.45, 2.75) is 45.6 Å². The summed E-state index contributed by atoms with van der Waals surface area (Å²) in [6, 6.07) is 8.24. The number of rotatable bonds is 9. The second-order valence-corrected chi connectivity index (χ2v) is 5.21. The third-order valence-corrected chi connectivity index (χ3v) is 3.06. The van der Waals surface area contributed by atoms with E-state index in [0.29, 0.717) is 19.1 Å². The lowest BCUT2D eigenvalue weighted by Gasteiger charge is -2.17. The second kappa shape index (κ2) is 8.94. The zero-order valence-corrected chi connectivity index (χ0v) is 12.4. The molecule has 3 nitrogen and oxygen atoms in total. The first-order valence-electron chi connectivity index (χ1n) is 7.23. The van der Waals surface area contributed by atoms with Crippen molar-refractivity contribution in [2.24, 2.45) is 0 Å². The summed E-state index contributed by atoms with van der Waals surface area (Å²) in [5.74, 6) is 0.474. The molecule has 1 unspecified atom stereocenters.